The van der Waals surface area contributed by atoms with Gasteiger partial charge in [-0.05, 0) is 68.2 Å². The van der Waals surface area contributed by atoms with Gasteiger partial charge in [-0.1, -0.05) is 44.2 Å². The van der Waals surface area contributed by atoms with Gasteiger partial charge >= 0.3 is 0 Å². The molecule has 0 bridgehead atoms. The minimum Gasteiger partial charge on any atom is -0.493 e. The van der Waals surface area contributed by atoms with E-state index in [1.54, 1.807) is 4.90 Å². The number of nitrogens with zero attached hydrogens (tertiary/aromatic N) is 1. The molecule has 150 valence electrons. The topological polar surface area (TPSA) is 41.6 Å². The summed E-state index contributed by atoms with van der Waals surface area (Å²) in [5, 5.41) is 3.27. The van der Waals surface area contributed by atoms with Crippen LogP contribution in [0.15, 0.2) is 48.5 Å². The molecule has 0 heterocycles. The SMILES string of the molecule is Cc1ccc(C)c(OCCCC(C)(C)C(=O)NC(=S)N(C)c2ccccc2)c1. The van der Waals surface area contributed by atoms with E-state index in [4.69, 9.17) is 17.0 Å². The molecule has 1 N–H and O–H groups in total. The first-order valence-electron chi connectivity index (χ1n) is 9.55. The van der Waals surface area contributed by atoms with Crippen molar-refractivity contribution in [2.45, 2.75) is 40.5 Å². The predicted octanol–water partition coefficient (Wildman–Crippen LogP) is 5.03. The van der Waals surface area contributed by atoms with Gasteiger partial charge in [0.1, 0.15) is 5.75 Å². The maximum absolute atomic E-state index is 12.7. The Labute approximate surface area is 173 Å². The molecule has 0 fully saturated rings. The number of carbonyl (C=O) groups excluding carboxylic acids is 1. The number of amides is 1. The maximum Gasteiger partial charge on any atom is 0.231 e. The summed E-state index contributed by atoms with van der Waals surface area (Å²) in [6.07, 6.45) is 1.50. The molecule has 0 aliphatic heterocycles. The molecule has 0 spiro atoms. The molecule has 0 unspecified atom stereocenters. The van der Waals surface area contributed by atoms with Crippen LogP contribution < -0.4 is 15.0 Å². The van der Waals surface area contributed by atoms with Crippen molar-refractivity contribution in [3.8, 4) is 5.75 Å². The zero-order valence-electron chi connectivity index (χ0n) is 17.4. The lowest BCUT2D eigenvalue weighted by Crippen LogP contribution is -2.46. The Balaban J connectivity index is 1.83. The van der Waals surface area contributed by atoms with Crippen LogP contribution in [0.5, 0.6) is 5.75 Å². The van der Waals surface area contributed by atoms with Crippen LogP contribution >= 0.6 is 12.2 Å². The molecule has 4 nitrogen and oxygen atoms in total. The molecule has 1 amide bonds. The first-order chi connectivity index (χ1) is 13.2. The fourth-order valence-corrected chi connectivity index (χ4v) is 2.99. The summed E-state index contributed by atoms with van der Waals surface area (Å²) in [4.78, 5) is 14.5. The van der Waals surface area contributed by atoms with Gasteiger partial charge < -0.3 is 15.0 Å². The third kappa shape index (κ3) is 6.06. The largest absolute Gasteiger partial charge is 0.493 e. The van der Waals surface area contributed by atoms with Crippen molar-refractivity contribution in [2.75, 3.05) is 18.6 Å². The molecule has 2 rings (SSSR count). The molecule has 0 aromatic heterocycles. The summed E-state index contributed by atoms with van der Waals surface area (Å²) in [6, 6.07) is 15.9. The Morgan fingerprint density at radius 1 is 1.14 bits per heavy atom. The standard InChI is InChI=1S/C23H30N2O2S/c1-17-12-13-18(2)20(16-17)27-15-9-14-23(3,4)21(26)24-22(28)25(5)19-10-7-6-8-11-19/h6-8,10-13,16H,9,14-15H2,1-5H3,(H,24,26,28). The van der Waals surface area contributed by atoms with E-state index in [9.17, 15) is 4.79 Å². The minimum atomic E-state index is -0.535. The highest BCUT2D eigenvalue weighted by atomic mass is 32.1. The molecule has 0 saturated carbocycles. The van der Waals surface area contributed by atoms with Crippen LogP contribution in [0.2, 0.25) is 0 Å². The van der Waals surface area contributed by atoms with E-state index in [0.29, 0.717) is 18.1 Å². The third-order valence-corrected chi connectivity index (χ3v) is 5.21. The highest BCUT2D eigenvalue weighted by molar-refractivity contribution is 7.80. The number of anilines is 1. The van der Waals surface area contributed by atoms with Gasteiger partial charge in [0.25, 0.3) is 0 Å². The Bertz CT molecular complexity index is 819. The maximum atomic E-state index is 12.7. The Morgan fingerprint density at radius 3 is 2.50 bits per heavy atom. The fourth-order valence-electron chi connectivity index (χ4n) is 2.79. The van der Waals surface area contributed by atoms with E-state index in [0.717, 1.165) is 23.4 Å². The summed E-state index contributed by atoms with van der Waals surface area (Å²) >= 11 is 5.40. The number of benzene rings is 2. The van der Waals surface area contributed by atoms with Crippen molar-refractivity contribution in [3.63, 3.8) is 0 Å². The summed E-state index contributed by atoms with van der Waals surface area (Å²) in [7, 11) is 1.85. The second-order valence-electron chi connectivity index (χ2n) is 7.76. The van der Waals surface area contributed by atoms with E-state index >= 15 is 0 Å². The van der Waals surface area contributed by atoms with Gasteiger partial charge in [0.05, 0.1) is 6.61 Å². The van der Waals surface area contributed by atoms with Crippen molar-refractivity contribution in [3.05, 3.63) is 59.7 Å². The minimum absolute atomic E-state index is 0.0768. The number of rotatable bonds is 7. The van der Waals surface area contributed by atoms with Gasteiger partial charge in [-0.3, -0.25) is 4.79 Å². The van der Waals surface area contributed by atoms with Crippen molar-refractivity contribution in [2.24, 2.45) is 5.41 Å². The van der Waals surface area contributed by atoms with Crippen LogP contribution in [0.1, 0.15) is 37.8 Å². The molecule has 0 aliphatic rings. The second kappa shape index (κ2) is 9.69. The van der Waals surface area contributed by atoms with Crippen LogP contribution in [0.25, 0.3) is 0 Å². The lowest BCUT2D eigenvalue weighted by molar-refractivity contribution is -0.128. The number of para-hydroxylation sites is 1. The Hall–Kier alpha value is -2.40. The van der Waals surface area contributed by atoms with Gasteiger partial charge in [-0.25, -0.2) is 0 Å². The zero-order chi connectivity index (χ0) is 20.7. The molecule has 2 aromatic carbocycles. The molecule has 5 heteroatoms. The summed E-state index contributed by atoms with van der Waals surface area (Å²) in [5.41, 5.74) is 2.70. The number of ether oxygens (including phenoxy) is 1. The average molecular weight is 399 g/mol. The van der Waals surface area contributed by atoms with Gasteiger partial charge in [0.15, 0.2) is 5.11 Å². The first kappa shape index (κ1) is 21.9. The van der Waals surface area contributed by atoms with E-state index in [-0.39, 0.29) is 5.91 Å². The summed E-state index contributed by atoms with van der Waals surface area (Å²) in [6.45, 7) is 8.54. The molecular formula is C23H30N2O2S. The molecular weight excluding hydrogens is 368 g/mol. The Morgan fingerprint density at radius 2 is 1.82 bits per heavy atom. The summed E-state index contributed by atoms with van der Waals surface area (Å²) in [5.74, 6) is 0.833. The van der Waals surface area contributed by atoms with Gasteiger partial charge in [0, 0.05) is 18.2 Å². The molecule has 0 aliphatic carbocycles. The van der Waals surface area contributed by atoms with Gasteiger partial charge in [-0.2, -0.15) is 0 Å². The number of nitrogens with one attached hydrogen (secondary N) is 1. The van der Waals surface area contributed by atoms with Crippen molar-refractivity contribution in [1.82, 2.24) is 5.32 Å². The van der Waals surface area contributed by atoms with Crippen molar-refractivity contribution < 1.29 is 9.53 Å². The lowest BCUT2D eigenvalue weighted by Gasteiger charge is -2.27. The summed E-state index contributed by atoms with van der Waals surface area (Å²) < 4.78 is 5.90. The number of hydrogen-bond acceptors (Lipinski definition) is 3. The Kier molecular flexibility index (Phi) is 7.58. The lowest BCUT2D eigenvalue weighted by atomic mass is 9.87. The van der Waals surface area contributed by atoms with Crippen molar-refractivity contribution in [1.29, 1.82) is 0 Å². The number of carbonyl (C=O) groups is 1. The normalized spacial score (nSPS) is 11.0. The monoisotopic (exact) mass is 398 g/mol. The molecule has 2 aromatic rings. The quantitative estimate of drug-likeness (QED) is 0.525. The van der Waals surface area contributed by atoms with Crippen LogP contribution in [0.4, 0.5) is 5.69 Å². The molecule has 0 atom stereocenters. The number of thiocarbonyl (C=S) groups is 1. The van der Waals surface area contributed by atoms with Gasteiger partial charge in [-0.15, -0.1) is 0 Å². The fraction of sp³-hybridized carbons (Fsp3) is 0.391. The zero-order valence-corrected chi connectivity index (χ0v) is 18.2. The predicted molar refractivity (Wildman–Crippen MR) is 120 cm³/mol. The number of hydrogen-bond donors (Lipinski definition) is 1. The van der Waals surface area contributed by atoms with Crippen LogP contribution in [-0.4, -0.2) is 24.7 Å². The van der Waals surface area contributed by atoms with Crippen LogP contribution in [-0.2, 0) is 4.79 Å². The van der Waals surface area contributed by atoms with E-state index in [1.807, 2.05) is 64.2 Å². The average Bonchev–Trinajstić information content (AvgIpc) is 2.67. The molecule has 0 saturated heterocycles. The van der Waals surface area contributed by atoms with E-state index in [1.165, 1.54) is 5.56 Å². The van der Waals surface area contributed by atoms with E-state index < -0.39 is 5.41 Å². The van der Waals surface area contributed by atoms with Crippen LogP contribution in [0.3, 0.4) is 0 Å². The number of aryl methyl sites for hydroxylation is 2. The molecule has 0 radical (unpaired) electrons. The first-order valence-corrected chi connectivity index (χ1v) is 9.96. The third-order valence-electron chi connectivity index (χ3n) is 4.83. The highest BCUT2D eigenvalue weighted by Gasteiger charge is 2.28. The second-order valence-corrected chi connectivity index (χ2v) is 8.15. The van der Waals surface area contributed by atoms with Crippen LogP contribution in [0, 0.1) is 19.3 Å². The van der Waals surface area contributed by atoms with E-state index in [2.05, 4.69) is 24.4 Å². The smallest absolute Gasteiger partial charge is 0.231 e. The van der Waals surface area contributed by atoms with Gasteiger partial charge in [0.2, 0.25) is 5.91 Å². The van der Waals surface area contributed by atoms with Crippen molar-refractivity contribution >= 4 is 28.9 Å². The highest BCUT2D eigenvalue weighted by Crippen LogP contribution is 2.24. The molecule has 28 heavy (non-hydrogen) atoms.